The summed E-state index contributed by atoms with van der Waals surface area (Å²) in [6.45, 7) is 2.06. The summed E-state index contributed by atoms with van der Waals surface area (Å²) in [5, 5.41) is 11.1. The first-order valence-electron chi connectivity index (χ1n) is 8.89. The van der Waals surface area contributed by atoms with Gasteiger partial charge in [0.1, 0.15) is 5.69 Å². The summed E-state index contributed by atoms with van der Waals surface area (Å²) in [7, 11) is 0. The largest absolute Gasteiger partial charge is 0.449 e. The summed E-state index contributed by atoms with van der Waals surface area (Å²) in [5.74, 6) is -1.11. The van der Waals surface area contributed by atoms with Crippen LogP contribution in [0.3, 0.4) is 0 Å². The summed E-state index contributed by atoms with van der Waals surface area (Å²) in [4.78, 5) is 24.1. The van der Waals surface area contributed by atoms with Gasteiger partial charge in [-0.1, -0.05) is 53.2 Å². The molecule has 0 aliphatic carbocycles. The van der Waals surface area contributed by atoms with Crippen molar-refractivity contribution in [3.63, 3.8) is 0 Å². The van der Waals surface area contributed by atoms with E-state index in [9.17, 15) is 9.59 Å². The van der Waals surface area contributed by atoms with Crippen LogP contribution in [0.2, 0.25) is 5.02 Å². The molecule has 1 amide bonds. The van der Waals surface area contributed by atoms with Crippen molar-refractivity contribution < 1.29 is 14.3 Å². The van der Waals surface area contributed by atoms with Gasteiger partial charge in [0.15, 0.2) is 6.10 Å². The molecular weight excluding hydrogens is 392 g/mol. The third kappa shape index (κ3) is 6.29. The normalized spacial score (nSPS) is 11.9. The van der Waals surface area contributed by atoms with Crippen molar-refractivity contribution in [2.45, 2.75) is 19.6 Å². The fourth-order valence-electron chi connectivity index (χ4n) is 2.47. The lowest BCUT2D eigenvalue weighted by atomic mass is 10.2. The predicted molar refractivity (Wildman–Crippen MR) is 110 cm³/mol. The van der Waals surface area contributed by atoms with Gasteiger partial charge in [0.25, 0.3) is 5.91 Å². The maximum Gasteiger partial charge on any atom is 0.331 e. The Balaban J connectivity index is 1.50. The molecule has 29 heavy (non-hydrogen) atoms. The molecule has 148 valence electrons. The van der Waals surface area contributed by atoms with Gasteiger partial charge >= 0.3 is 5.97 Å². The molecule has 0 saturated carbocycles. The molecule has 7 nitrogen and oxygen atoms in total. The number of rotatable bonds is 7. The molecule has 0 aliphatic heterocycles. The number of ether oxygens (including phenoxy) is 1. The van der Waals surface area contributed by atoms with E-state index in [1.807, 2.05) is 30.3 Å². The zero-order valence-electron chi connectivity index (χ0n) is 15.7. The molecule has 3 aromatic rings. The number of nitrogens with one attached hydrogen (secondary N) is 1. The minimum atomic E-state index is -0.972. The van der Waals surface area contributed by atoms with E-state index in [2.05, 4.69) is 15.6 Å². The number of nitrogens with zero attached hydrogens (tertiary/aromatic N) is 3. The fourth-order valence-corrected chi connectivity index (χ4v) is 2.66. The van der Waals surface area contributed by atoms with Crippen LogP contribution in [0.4, 0.5) is 5.69 Å². The van der Waals surface area contributed by atoms with Gasteiger partial charge in [0.2, 0.25) is 0 Å². The molecule has 8 heteroatoms. The second-order valence-electron chi connectivity index (χ2n) is 6.24. The highest BCUT2D eigenvalue weighted by molar-refractivity contribution is 6.30. The molecule has 0 bridgehead atoms. The number of hydrogen-bond donors (Lipinski definition) is 1. The van der Waals surface area contributed by atoms with E-state index < -0.39 is 18.0 Å². The molecule has 0 unspecified atom stereocenters. The first-order valence-corrected chi connectivity index (χ1v) is 9.26. The Labute approximate surface area is 172 Å². The average molecular weight is 411 g/mol. The highest BCUT2D eigenvalue weighted by atomic mass is 35.5. The van der Waals surface area contributed by atoms with Crippen LogP contribution in [0, 0.1) is 0 Å². The molecule has 1 heterocycles. The molecule has 1 aromatic heterocycles. The van der Waals surface area contributed by atoms with Gasteiger partial charge in [0.05, 0.1) is 12.7 Å². The number of amides is 1. The summed E-state index contributed by atoms with van der Waals surface area (Å²) >= 11 is 5.88. The number of anilines is 1. The average Bonchev–Trinajstić information content (AvgIpc) is 3.14. The summed E-state index contributed by atoms with van der Waals surface area (Å²) in [6, 6.07) is 16.5. The van der Waals surface area contributed by atoms with Crippen LogP contribution in [-0.2, 0) is 20.9 Å². The van der Waals surface area contributed by atoms with Crippen LogP contribution in [-0.4, -0.2) is 33.0 Å². The summed E-state index contributed by atoms with van der Waals surface area (Å²) in [6.07, 6.45) is 3.43. The third-order valence-electron chi connectivity index (χ3n) is 3.89. The van der Waals surface area contributed by atoms with Crippen LogP contribution in [0.15, 0.2) is 66.9 Å². The van der Waals surface area contributed by atoms with Crippen molar-refractivity contribution in [3.8, 4) is 0 Å². The fraction of sp³-hybridized carbons (Fsp3) is 0.143. The molecule has 1 N–H and O–H groups in total. The predicted octanol–water partition coefficient (Wildman–Crippen LogP) is 3.56. The van der Waals surface area contributed by atoms with Crippen molar-refractivity contribution in [2.75, 3.05) is 5.32 Å². The maximum atomic E-state index is 12.1. The number of halogens is 1. The van der Waals surface area contributed by atoms with Gasteiger partial charge in [-0.05, 0) is 36.8 Å². The van der Waals surface area contributed by atoms with E-state index in [1.54, 1.807) is 35.1 Å². The Morgan fingerprint density at radius 1 is 1.21 bits per heavy atom. The van der Waals surface area contributed by atoms with E-state index in [4.69, 9.17) is 16.3 Å². The lowest BCUT2D eigenvalue weighted by Crippen LogP contribution is -2.29. The number of esters is 1. The standard InChI is InChI=1S/C21H19ClN4O3/c1-15(21(28)23-18-9-5-8-17(22)12-18)29-20(27)11-10-19-14-26(25-24-19)13-16-6-3-2-4-7-16/h2-12,14-15H,13H2,1H3,(H,23,28)/b11-10+/t15-/m0/s1. The Morgan fingerprint density at radius 3 is 2.76 bits per heavy atom. The Bertz CT molecular complexity index is 1020. The minimum absolute atomic E-state index is 0.456. The molecule has 3 rings (SSSR count). The Kier molecular flexibility index (Phi) is 6.76. The van der Waals surface area contributed by atoms with Gasteiger partial charge in [-0.3, -0.25) is 4.79 Å². The highest BCUT2D eigenvalue weighted by Gasteiger charge is 2.16. The van der Waals surface area contributed by atoms with E-state index in [0.29, 0.717) is 22.9 Å². The molecular formula is C21H19ClN4O3. The summed E-state index contributed by atoms with van der Waals surface area (Å²) in [5.41, 5.74) is 2.12. The van der Waals surface area contributed by atoms with Gasteiger partial charge in [-0.2, -0.15) is 0 Å². The number of aromatic nitrogens is 3. The third-order valence-corrected chi connectivity index (χ3v) is 4.12. The quantitative estimate of drug-likeness (QED) is 0.475. The van der Waals surface area contributed by atoms with Crippen molar-refractivity contribution in [2.24, 2.45) is 0 Å². The maximum absolute atomic E-state index is 12.1. The van der Waals surface area contributed by atoms with Crippen molar-refractivity contribution in [3.05, 3.63) is 83.2 Å². The number of benzene rings is 2. The second-order valence-corrected chi connectivity index (χ2v) is 6.68. The second kappa shape index (κ2) is 9.66. The van der Waals surface area contributed by atoms with E-state index >= 15 is 0 Å². The number of hydrogen-bond acceptors (Lipinski definition) is 5. The monoisotopic (exact) mass is 410 g/mol. The molecule has 0 radical (unpaired) electrons. The molecule has 0 fully saturated rings. The zero-order valence-corrected chi connectivity index (χ0v) is 16.4. The van der Waals surface area contributed by atoms with Crippen molar-refractivity contribution >= 4 is 35.2 Å². The lowest BCUT2D eigenvalue weighted by molar-refractivity contribution is -0.148. The number of carbonyl (C=O) groups excluding carboxylic acids is 2. The van der Waals surface area contributed by atoms with E-state index in [1.165, 1.54) is 19.1 Å². The summed E-state index contributed by atoms with van der Waals surface area (Å²) < 4.78 is 6.78. The van der Waals surface area contributed by atoms with Gasteiger partial charge in [-0.15, -0.1) is 5.10 Å². The molecule has 0 saturated heterocycles. The Hall–Kier alpha value is -3.45. The van der Waals surface area contributed by atoms with Gasteiger partial charge in [-0.25, -0.2) is 9.48 Å². The van der Waals surface area contributed by atoms with Crippen LogP contribution >= 0.6 is 11.6 Å². The SMILES string of the molecule is C[C@H](OC(=O)/C=C/c1cn(Cc2ccccc2)nn1)C(=O)Nc1cccc(Cl)c1. The van der Waals surface area contributed by atoms with Crippen LogP contribution in [0.5, 0.6) is 0 Å². The molecule has 0 spiro atoms. The van der Waals surface area contributed by atoms with Crippen LogP contribution < -0.4 is 5.32 Å². The number of carbonyl (C=O) groups is 2. The first-order chi connectivity index (χ1) is 14.0. The van der Waals surface area contributed by atoms with Gasteiger partial charge < -0.3 is 10.1 Å². The van der Waals surface area contributed by atoms with Crippen molar-refractivity contribution in [1.29, 1.82) is 0 Å². The smallest absolute Gasteiger partial charge is 0.331 e. The lowest BCUT2D eigenvalue weighted by Gasteiger charge is -2.12. The van der Waals surface area contributed by atoms with Gasteiger partial charge in [0, 0.05) is 16.8 Å². The molecule has 1 atom stereocenters. The zero-order chi connectivity index (χ0) is 20.6. The topological polar surface area (TPSA) is 86.1 Å². The van der Waals surface area contributed by atoms with Crippen molar-refractivity contribution in [1.82, 2.24) is 15.0 Å². The molecule has 2 aromatic carbocycles. The van der Waals surface area contributed by atoms with E-state index in [-0.39, 0.29) is 0 Å². The highest BCUT2D eigenvalue weighted by Crippen LogP contribution is 2.15. The van der Waals surface area contributed by atoms with E-state index in [0.717, 1.165) is 5.56 Å². The molecule has 0 aliphatic rings. The Morgan fingerprint density at radius 2 is 2.00 bits per heavy atom. The first kappa shape index (κ1) is 20.3. The van der Waals surface area contributed by atoms with Crippen LogP contribution in [0.25, 0.3) is 6.08 Å². The minimum Gasteiger partial charge on any atom is -0.449 e. The van der Waals surface area contributed by atoms with Crippen LogP contribution in [0.1, 0.15) is 18.2 Å².